The van der Waals surface area contributed by atoms with Crippen LogP contribution in [0, 0.1) is 17.6 Å². The van der Waals surface area contributed by atoms with Gasteiger partial charge < -0.3 is 19.0 Å². The van der Waals surface area contributed by atoms with Gasteiger partial charge in [-0.05, 0) is 102 Å². The topological polar surface area (TPSA) is 90.7 Å². The first kappa shape index (κ1) is 42.2. The zero-order valence-corrected chi connectivity index (χ0v) is 35.2. The lowest BCUT2D eigenvalue weighted by Gasteiger charge is -2.36. The van der Waals surface area contributed by atoms with E-state index in [9.17, 15) is 8.78 Å². The van der Waals surface area contributed by atoms with Gasteiger partial charge in [-0.25, -0.2) is 28.7 Å². The summed E-state index contributed by atoms with van der Waals surface area (Å²) < 4.78 is 40.7. The van der Waals surface area contributed by atoms with E-state index in [1.54, 1.807) is 18.2 Å². The summed E-state index contributed by atoms with van der Waals surface area (Å²) in [5, 5.41) is 2.48. The van der Waals surface area contributed by atoms with E-state index in [0.29, 0.717) is 47.5 Å². The number of hydrogen-bond acceptors (Lipinski definition) is 6. The van der Waals surface area contributed by atoms with Gasteiger partial charge in [-0.3, -0.25) is 0 Å². The number of fused-ring (bicyclic) bond motifs is 2. The van der Waals surface area contributed by atoms with E-state index in [1.807, 2.05) is 42.6 Å². The summed E-state index contributed by atoms with van der Waals surface area (Å²) in [7, 11) is 0. The van der Waals surface area contributed by atoms with Gasteiger partial charge in [0, 0.05) is 18.4 Å². The first-order valence-corrected chi connectivity index (χ1v) is 21.3. The summed E-state index contributed by atoms with van der Waals surface area (Å²) in [5.41, 5.74) is 7.74. The fourth-order valence-corrected chi connectivity index (χ4v) is 8.34. The van der Waals surface area contributed by atoms with Crippen molar-refractivity contribution in [3.8, 4) is 0 Å². The average Bonchev–Trinajstić information content (AvgIpc) is 3.82. The maximum absolute atomic E-state index is 13.6. The van der Waals surface area contributed by atoms with Crippen LogP contribution in [0.25, 0.3) is 22.1 Å². The molecule has 1 N–H and O–H groups in total. The largest absolute Gasteiger partial charge is 0.374 e. The van der Waals surface area contributed by atoms with Crippen molar-refractivity contribution >= 4 is 45.3 Å². The van der Waals surface area contributed by atoms with Gasteiger partial charge >= 0.3 is 0 Å². The van der Waals surface area contributed by atoms with Gasteiger partial charge in [0.25, 0.3) is 0 Å². The van der Waals surface area contributed by atoms with Crippen molar-refractivity contribution in [3.05, 3.63) is 190 Å². The Bertz CT molecular complexity index is 2670. The smallest absolute Gasteiger partial charge is 0.145 e. The first-order valence-electron chi connectivity index (χ1n) is 20.5. The molecule has 4 aromatic carbocycles. The maximum Gasteiger partial charge on any atom is 0.145 e. The van der Waals surface area contributed by atoms with Gasteiger partial charge in [-0.15, -0.1) is 0 Å². The van der Waals surface area contributed by atoms with E-state index in [4.69, 9.17) is 32.7 Å². The number of H-pyrrole nitrogens is 1. The fourth-order valence-electron chi connectivity index (χ4n) is 7.83. The standard InChI is InChI=1S/C24H21ClFN3O.C13H9ClFN3.C12H16O/c25-23-22-18(9-17-7-4-8-19(26)10-17)13-29(24(22)28-15-27-23)20-11-21(12-20)30-14-16-5-2-1-3-6-16;14-12-11-9(6-16-13(11)18-7-17-12)4-8-2-1-3-10(15)5-8;1-10-7-12(8-10)13-9-11-5-3-2-4-6-11/h1-8,10,13,15,20-21H,9,11-12,14H2;1-3,5-7H,4H2,(H,16,17,18);2-6,10,12H,7-9H2,1H3. The van der Waals surface area contributed by atoms with Crippen LogP contribution in [0.3, 0.4) is 0 Å². The number of hydrogen-bond donors (Lipinski definition) is 1. The molecule has 2 saturated carbocycles. The average molecular weight is 860 g/mol. The lowest BCUT2D eigenvalue weighted by atomic mass is 9.84. The van der Waals surface area contributed by atoms with Gasteiger partial charge in [0.15, 0.2) is 0 Å². The van der Waals surface area contributed by atoms with Crippen molar-refractivity contribution in [2.45, 2.75) is 76.9 Å². The summed E-state index contributed by atoms with van der Waals surface area (Å²) >= 11 is 12.5. The molecule has 0 saturated heterocycles. The van der Waals surface area contributed by atoms with Crippen molar-refractivity contribution < 1.29 is 18.3 Å². The van der Waals surface area contributed by atoms with Crippen LogP contribution < -0.4 is 0 Å². The highest BCUT2D eigenvalue weighted by Gasteiger charge is 2.33. The van der Waals surface area contributed by atoms with Crippen LogP contribution in [-0.4, -0.2) is 41.7 Å². The highest BCUT2D eigenvalue weighted by atomic mass is 35.5. The predicted molar refractivity (Wildman–Crippen MR) is 237 cm³/mol. The second-order valence-electron chi connectivity index (χ2n) is 15.8. The number of halogens is 4. The molecule has 4 aromatic heterocycles. The second kappa shape index (κ2) is 19.9. The lowest BCUT2D eigenvalue weighted by molar-refractivity contribution is -0.0352. The van der Waals surface area contributed by atoms with Crippen molar-refractivity contribution in [3.63, 3.8) is 0 Å². The minimum atomic E-state index is -0.241. The highest BCUT2D eigenvalue weighted by molar-refractivity contribution is 6.34. The Morgan fingerprint density at radius 1 is 0.623 bits per heavy atom. The van der Waals surface area contributed by atoms with E-state index in [0.717, 1.165) is 64.0 Å². The third-order valence-electron chi connectivity index (χ3n) is 11.2. The number of benzene rings is 4. The summed E-state index contributed by atoms with van der Waals surface area (Å²) in [6, 6.07) is 34.0. The number of aromatic nitrogens is 6. The quantitative estimate of drug-likeness (QED) is 0.130. The number of ether oxygens (including phenoxy) is 2. The molecule has 0 bridgehead atoms. The fraction of sp³-hybridized carbons (Fsp3) is 0.265. The Balaban J connectivity index is 0.000000140. The molecule has 8 nitrogen and oxygen atoms in total. The molecular weight excluding hydrogens is 813 g/mol. The van der Waals surface area contributed by atoms with Gasteiger partial charge in [-0.2, -0.15) is 0 Å². The molecule has 61 heavy (non-hydrogen) atoms. The molecule has 0 spiro atoms. The number of rotatable bonds is 11. The monoisotopic (exact) mass is 858 g/mol. The summed E-state index contributed by atoms with van der Waals surface area (Å²) in [5.74, 6) is 0.395. The summed E-state index contributed by atoms with van der Waals surface area (Å²) in [6.07, 6.45) is 13.1. The number of nitrogens with zero attached hydrogens (tertiary/aromatic N) is 5. The zero-order valence-electron chi connectivity index (χ0n) is 33.7. The Hall–Kier alpha value is -5.52. The Kier molecular flexibility index (Phi) is 13.8. The van der Waals surface area contributed by atoms with Gasteiger partial charge in [-0.1, -0.05) is 115 Å². The lowest BCUT2D eigenvalue weighted by Crippen LogP contribution is -2.33. The third-order valence-corrected chi connectivity index (χ3v) is 11.7. The highest BCUT2D eigenvalue weighted by Crippen LogP contribution is 2.39. The SMILES string of the molecule is CC1CC(OCc2ccccc2)C1.Fc1cccc(Cc2c[nH]c3ncnc(Cl)c23)c1.Fc1cccc(Cc2cn(C3CC(OCc4ccccc4)C3)c3ncnc(Cl)c23)c1. The van der Waals surface area contributed by atoms with Crippen LogP contribution >= 0.6 is 23.2 Å². The van der Waals surface area contributed by atoms with Crippen LogP contribution in [0.1, 0.15) is 72.0 Å². The van der Waals surface area contributed by atoms with Crippen LogP contribution in [0.15, 0.2) is 134 Å². The van der Waals surface area contributed by atoms with E-state index >= 15 is 0 Å². The third kappa shape index (κ3) is 10.9. The minimum Gasteiger partial charge on any atom is -0.374 e. The number of nitrogens with one attached hydrogen (secondary N) is 1. The van der Waals surface area contributed by atoms with Crippen LogP contribution in [0.4, 0.5) is 8.78 Å². The molecule has 0 atom stereocenters. The summed E-state index contributed by atoms with van der Waals surface area (Å²) in [4.78, 5) is 19.8. The van der Waals surface area contributed by atoms with Gasteiger partial charge in [0.1, 0.15) is 45.9 Å². The number of aromatic amines is 1. The normalized spacial score (nSPS) is 18.0. The molecule has 0 unspecified atom stereocenters. The predicted octanol–water partition coefficient (Wildman–Crippen LogP) is 12.1. The van der Waals surface area contributed by atoms with Crippen molar-refractivity contribution in [1.29, 1.82) is 0 Å². The minimum absolute atomic E-state index is 0.233. The van der Waals surface area contributed by atoms with E-state index < -0.39 is 0 Å². The molecule has 0 aliphatic heterocycles. The van der Waals surface area contributed by atoms with Crippen molar-refractivity contribution in [2.75, 3.05) is 0 Å². The van der Waals surface area contributed by atoms with Crippen LogP contribution in [0.5, 0.6) is 0 Å². The first-order chi connectivity index (χ1) is 29.8. The van der Waals surface area contributed by atoms with Crippen molar-refractivity contribution in [1.82, 2.24) is 29.5 Å². The van der Waals surface area contributed by atoms with E-state index in [2.05, 4.69) is 79.0 Å². The van der Waals surface area contributed by atoms with Gasteiger partial charge in [0.05, 0.1) is 36.2 Å². The molecule has 10 rings (SSSR count). The molecule has 2 fully saturated rings. The molecular formula is C49H46Cl2F2N6O2. The second-order valence-corrected chi connectivity index (χ2v) is 16.5. The molecule has 312 valence electrons. The molecule has 4 heterocycles. The Morgan fingerprint density at radius 2 is 1.15 bits per heavy atom. The molecule has 8 aromatic rings. The maximum atomic E-state index is 13.6. The van der Waals surface area contributed by atoms with Crippen LogP contribution in [-0.2, 0) is 35.5 Å². The molecule has 0 amide bonds. The van der Waals surface area contributed by atoms with Crippen LogP contribution in [0.2, 0.25) is 10.3 Å². The van der Waals surface area contributed by atoms with Crippen molar-refractivity contribution in [2.24, 2.45) is 5.92 Å². The Morgan fingerprint density at radius 3 is 1.72 bits per heavy atom. The van der Waals surface area contributed by atoms with Gasteiger partial charge in [0.2, 0.25) is 0 Å². The molecule has 0 radical (unpaired) electrons. The van der Waals surface area contributed by atoms with E-state index in [-0.39, 0.29) is 17.7 Å². The molecule has 2 aliphatic carbocycles. The molecule has 2 aliphatic rings. The molecule has 12 heteroatoms. The zero-order chi connectivity index (χ0) is 42.1. The Labute approximate surface area is 363 Å². The van der Waals surface area contributed by atoms with E-state index in [1.165, 1.54) is 54.8 Å². The summed E-state index contributed by atoms with van der Waals surface area (Å²) in [6.45, 7) is 3.68.